The number of carbonyl (C=O) groups excluding carboxylic acids is 1. The number of nitrogens with zero attached hydrogens (tertiary/aromatic N) is 1. The second-order valence-corrected chi connectivity index (χ2v) is 3.42. The van der Waals surface area contributed by atoms with E-state index in [-0.39, 0.29) is 12.5 Å². The molecule has 0 aliphatic carbocycles. The van der Waals surface area contributed by atoms with Crippen molar-refractivity contribution < 1.29 is 9.53 Å². The van der Waals surface area contributed by atoms with Gasteiger partial charge in [-0.2, -0.15) is 0 Å². The van der Waals surface area contributed by atoms with Gasteiger partial charge in [-0.05, 0) is 18.6 Å². The average molecular weight is 222 g/mol. The Morgan fingerprint density at radius 3 is 2.75 bits per heavy atom. The first-order chi connectivity index (χ1) is 7.70. The molecular formula is C12H18N2O2. The molecule has 0 unspecified atom stereocenters. The topological polar surface area (TPSA) is 55.6 Å². The number of hydrogen-bond donors (Lipinski definition) is 1. The van der Waals surface area contributed by atoms with Crippen molar-refractivity contribution in [1.29, 1.82) is 0 Å². The largest absolute Gasteiger partial charge is 0.372 e. The van der Waals surface area contributed by atoms with E-state index in [1.54, 1.807) is 11.9 Å². The zero-order valence-corrected chi connectivity index (χ0v) is 9.77. The van der Waals surface area contributed by atoms with Crippen molar-refractivity contribution >= 4 is 11.6 Å². The van der Waals surface area contributed by atoms with E-state index >= 15 is 0 Å². The van der Waals surface area contributed by atoms with Gasteiger partial charge in [0.2, 0.25) is 0 Å². The molecule has 0 bridgehead atoms. The summed E-state index contributed by atoms with van der Waals surface area (Å²) >= 11 is 0. The molecule has 2 N–H and O–H groups in total. The van der Waals surface area contributed by atoms with Crippen molar-refractivity contribution in [1.82, 2.24) is 0 Å². The van der Waals surface area contributed by atoms with Crippen LogP contribution in [0, 0.1) is 0 Å². The van der Waals surface area contributed by atoms with Crippen LogP contribution >= 0.6 is 0 Å². The third-order valence-corrected chi connectivity index (χ3v) is 2.38. The van der Waals surface area contributed by atoms with Crippen LogP contribution in [0.1, 0.15) is 12.5 Å². The first kappa shape index (κ1) is 12.7. The summed E-state index contributed by atoms with van der Waals surface area (Å²) in [5.74, 6) is -0.0669. The van der Waals surface area contributed by atoms with Gasteiger partial charge in [0.05, 0.1) is 0 Å². The average Bonchev–Trinajstić information content (AvgIpc) is 2.34. The molecule has 0 saturated carbocycles. The zero-order chi connectivity index (χ0) is 12.0. The van der Waals surface area contributed by atoms with E-state index in [2.05, 4.69) is 0 Å². The van der Waals surface area contributed by atoms with Crippen molar-refractivity contribution in [2.45, 2.75) is 13.5 Å². The fraction of sp³-hybridized carbons (Fsp3) is 0.417. The third kappa shape index (κ3) is 3.05. The van der Waals surface area contributed by atoms with Crippen LogP contribution in [0.4, 0.5) is 5.69 Å². The first-order valence-electron chi connectivity index (χ1n) is 5.33. The van der Waals surface area contributed by atoms with Gasteiger partial charge in [0.15, 0.2) is 0 Å². The minimum absolute atomic E-state index is 0.0669. The Kier molecular flexibility index (Phi) is 4.95. The molecule has 0 fully saturated rings. The van der Waals surface area contributed by atoms with Crippen LogP contribution in [-0.2, 0) is 16.1 Å². The summed E-state index contributed by atoms with van der Waals surface area (Å²) in [4.78, 5) is 13.3. The SMILES string of the molecule is CCOCC(=O)N(C)c1ccccc1CN. The summed E-state index contributed by atoms with van der Waals surface area (Å²) in [6.07, 6.45) is 0. The van der Waals surface area contributed by atoms with Gasteiger partial charge in [0.25, 0.3) is 5.91 Å². The Bertz CT molecular complexity index is 353. The van der Waals surface area contributed by atoms with Crippen molar-refractivity contribution in [3.63, 3.8) is 0 Å². The molecule has 1 amide bonds. The summed E-state index contributed by atoms with van der Waals surface area (Å²) < 4.78 is 5.09. The summed E-state index contributed by atoms with van der Waals surface area (Å²) in [5, 5.41) is 0. The lowest BCUT2D eigenvalue weighted by Gasteiger charge is -2.20. The lowest BCUT2D eigenvalue weighted by atomic mass is 10.1. The molecule has 0 aliphatic heterocycles. The van der Waals surface area contributed by atoms with Crippen LogP contribution in [0.2, 0.25) is 0 Å². The summed E-state index contributed by atoms with van der Waals surface area (Å²) in [5.41, 5.74) is 7.42. The quantitative estimate of drug-likeness (QED) is 0.813. The van der Waals surface area contributed by atoms with Gasteiger partial charge in [0, 0.05) is 25.9 Å². The predicted octanol–water partition coefficient (Wildman–Crippen LogP) is 1.14. The van der Waals surface area contributed by atoms with E-state index in [4.69, 9.17) is 10.5 Å². The van der Waals surface area contributed by atoms with E-state index in [9.17, 15) is 4.79 Å². The summed E-state index contributed by atoms with van der Waals surface area (Å²) in [6, 6.07) is 7.59. The van der Waals surface area contributed by atoms with E-state index in [0.29, 0.717) is 13.2 Å². The lowest BCUT2D eigenvalue weighted by Crippen LogP contribution is -2.31. The highest BCUT2D eigenvalue weighted by molar-refractivity contribution is 5.94. The van der Waals surface area contributed by atoms with E-state index < -0.39 is 0 Å². The highest BCUT2D eigenvalue weighted by atomic mass is 16.5. The van der Waals surface area contributed by atoms with Crippen molar-refractivity contribution in [3.05, 3.63) is 29.8 Å². The van der Waals surface area contributed by atoms with Gasteiger partial charge in [-0.15, -0.1) is 0 Å². The van der Waals surface area contributed by atoms with Gasteiger partial charge < -0.3 is 15.4 Å². The van der Waals surface area contributed by atoms with Gasteiger partial charge in [0.1, 0.15) is 6.61 Å². The Balaban J connectivity index is 2.78. The maximum atomic E-state index is 11.7. The van der Waals surface area contributed by atoms with Crippen LogP contribution in [-0.4, -0.2) is 26.2 Å². The van der Waals surface area contributed by atoms with E-state index in [1.807, 2.05) is 31.2 Å². The Morgan fingerprint density at radius 1 is 1.44 bits per heavy atom. The number of carbonyl (C=O) groups is 1. The maximum absolute atomic E-state index is 11.7. The molecule has 1 aromatic carbocycles. The van der Waals surface area contributed by atoms with E-state index in [0.717, 1.165) is 11.3 Å². The highest BCUT2D eigenvalue weighted by Gasteiger charge is 2.13. The molecule has 88 valence electrons. The first-order valence-corrected chi connectivity index (χ1v) is 5.33. The molecule has 1 aromatic rings. The minimum Gasteiger partial charge on any atom is -0.372 e. The van der Waals surface area contributed by atoms with Crippen molar-refractivity contribution in [2.24, 2.45) is 5.73 Å². The number of para-hydroxylation sites is 1. The molecule has 0 saturated heterocycles. The molecule has 4 nitrogen and oxygen atoms in total. The number of anilines is 1. The molecule has 0 radical (unpaired) electrons. The maximum Gasteiger partial charge on any atom is 0.252 e. The smallest absolute Gasteiger partial charge is 0.252 e. The molecule has 0 aliphatic rings. The van der Waals surface area contributed by atoms with Crippen molar-refractivity contribution in [2.75, 3.05) is 25.2 Å². The second-order valence-electron chi connectivity index (χ2n) is 3.42. The highest BCUT2D eigenvalue weighted by Crippen LogP contribution is 2.18. The van der Waals surface area contributed by atoms with E-state index in [1.165, 1.54) is 0 Å². The molecule has 16 heavy (non-hydrogen) atoms. The minimum atomic E-state index is -0.0669. The number of benzene rings is 1. The fourth-order valence-electron chi connectivity index (χ4n) is 1.43. The number of ether oxygens (including phenoxy) is 1. The van der Waals surface area contributed by atoms with Crippen LogP contribution in [0.3, 0.4) is 0 Å². The molecule has 0 spiro atoms. The lowest BCUT2D eigenvalue weighted by molar-refractivity contribution is -0.122. The van der Waals surface area contributed by atoms with Gasteiger partial charge >= 0.3 is 0 Å². The summed E-state index contributed by atoms with van der Waals surface area (Å²) in [6.45, 7) is 2.92. The molecule has 1 rings (SSSR count). The Morgan fingerprint density at radius 2 is 2.12 bits per heavy atom. The Hall–Kier alpha value is -1.39. The van der Waals surface area contributed by atoms with Crippen LogP contribution in [0.25, 0.3) is 0 Å². The number of likely N-dealkylation sites (N-methyl/N-ethyl adjacent to an activating group) is 1. The van der Waals surface area contributed by atoms with Gasteiger partial charge in [-0.3, -0.25) is 4.79 Å². The normalized spacial score (nSPS) is 10.2. The second kappa shape index (κ2) is 6.25. The van der Waals surface area contributed by atoms with Gasteiger partial charge in [-0.1, -0.05) is 18.2 Å². The summed E-state index contributed by atoms with van der Waals surface area (Å²) in [7, 11) is 1.73. The van der Waals surface area contributed by atoms with Crippen LogP contribution in [0.5, 0.6) is 0 Å². The molecule has 4 heteroatoms. The van der Waals surface area contributed by atoms with Gasteiger partial charge in [-0.25, -0.2) is 0 Å². The molecular weight excluding hydrogens is 204 g/mol. The third-order valence-electron chi connectivity index (χ3n) is 2.38. The molecule has 0 aromatic heterocycles. The van der Waals surface area contributed by atoms with Crippen molar-refractivity contribution in [3.8, 4) is 0 Å². The fourth-order valence-corrected chi connectivity index (χ4v) is 1.43. The molecule has 0 atom stereocenters. The number of rotatable bonds is 5. The molecule has 0 heterocycles. The number of amides is 1. The standard InChI is InChI=1S/C12H18N2O2/c1-3-16-9-12(15)14(2)11-7-5-4-6-10(11)8-13/h4-7H,3,8-9,13H2,1-2H3. The Labute approximate surface area is 96.0 Å². The monoisotopic (exact) mass is 222 g/mol. The number of hydrogen-bond acceptors (Lipinski definition) is 3. The number of nitrogens with two attached hydrogens (primary N) is 1. The van der Waals surface area contributed by atoms with Crippen LogP contribution in [0.15, 0.2) is 24.3 Å². The van der Waals surface area contributed by atoms with Crippen LogP contribution < -0.4 is 10.6 Å². The zero-order valence-electron chi connectivity index (χ0n) is 9.77. The predicted molar refractivity (Wildman–Crippen MR) is 64.2 cm³/mol.